The fourth-order valence-electron chi connectivity index (χ4n) is 3.39. The Morgan fingerprint density at radius 3 is 2.18 bits per heavy atom. The zero-order chi connectivity index (χ0) is 24.4. The summed E-state index contributed by atoms with van der Waals surface area (Å²) >= 11 is 18.3. The first-order valence-electron chi connectivity index (χ1n) is 9.98. The van der Waals surface area contributed by atoms with Gasteiger partial charge in [0.15, 0.2) is 5.75 Å². The first kappa shape index (κ1) is 23.7. The van der Waals surface area contributed by atoms with Crippen molar-refractivity contribution in [3.05, 3.63) is 93.4 Å². The molecule has 0 aliphatic carbocycles. The van der Waals surface area contributed by atoms with Gasteiger partial charge < -0.3 is 15.2 Å². The van der Waals surface area contributed by atoms with E-state index < -0.39 is 12.0 Å². The van der Waals surface area contributed by atoms with E-state index >= 15 is 0 Å². The first-order chi connectivity index (χ1) is 16.3. The van der Waals surface area contributed by atoms with E-state index in [0.29, 0.717) is 27.2 Å². The molecule has 4 rings (SSSR count). The van der Waals surface area contributed by atoms with E-state index in [1.54, 1.807) is 66.7 Å². The van der Waals surface area contributed by atoms with E-state index in [1.807, 2.05) is 0 Å². The summed E-state index contributed by atoms with van der Waals surface area (Å²) in [7, 11) is 1.51. The number of aromatic hydroxyl groups is 1. The summed E-state index contributed by atoms with van der Waals surface area (Å²) in [4.78, 5) is 26.8. The highest BCUT2D eigenvalue weighted by molar-refractivity contribution is 6.37. The number of amides is 2. The van der Waals surface area contributed by atoms with Crippen molar-refractivity contribution in [2.75, 3.05) is 17.3 Å². The first-order valence-corrected chi connectivity index (χ1v) is 11.1. The average Bonchev–Trinajstić information content (AvgIpc) is 2.82. The van der Waals surface area contributed by atoms with Gasteiger partial charge in [-0.25, -0.2) is 4.79 Å². The molecule has 0 saturated carbocycles. The topological polar surface area (TPSA) is 78.9 Å². The number of hydrogen-bond acceptors (Lipinski definition) is 4. The SMILES string of the molecule is CN(C(=O)Oc1c(Cl)cccc1Cl)c1cccc2c(O)c(C(=O)Nc3ccccc3Cl)ccc12. The molecule has 2 N–H and O–H groups in total. The van der Waals surface area contributed by atoms with Crippen LogP contribution >= 0.6 is 34.8 Å². The van der Waals surface area contributed by atoms with Crippen LogP contribution in [0.1, 0.15) is 10.4 Å². The third-order valence-electron chi connectivity index (χ3n) is 5.12. The molecule has 0 unspecified atom stereocenters. The molecule has 9 heteroatoms. The number of carbonyl (C=O) groups excluding carboxylic acids is 2. The van der Waals surface area contributed by atoms with Crippen molar-refractivity contribution in [3.8, 4) is 11.5 Å². The molecule has 4 aromatic carbocycles. The van der Waals surface area contributed by atoms with E-state index in [9.17, 15) is 14.7 Å². The summed E-state index contributed by atoms with van der Waals surface area (Å²) < 4.78 is 5.39. The van der Waals surface area contributed by atoms with Gasteiger partial charge >= 0.3 is 6.09 Å². The molecule has 0 bridgehead atoms. The van der Waals surface area contributed by atoms with E-state index in [2.05, 4.69) is 5.32 Å². The number of rotatable bonds is 4. The Bertz CT molecular complexity index is 1400. The quantitative estimate of drug-likeness (QED) is 0.297. The van der Waals surface area contributed by atoms with Crippen molar-refractivity contribution >= 4 is 69.0 Å². The van der Waals surface area contributed by atoms with E-state index in [-0.39, 0.29) is 27.1 Å². The Labute approximate surface area is 210 Å². The number of halogens is 3. The van der Waals surface area contributed by atoms with Gasteiger partial charge in [0.25, 0.3) is 5.91 Å². The Morgan fingerprint density at radius 1 is 0.824 bits per heavy atom. The summed E-state index contributed by atoms with van der Waals surface area (Å²) in [5, 5.41) is 15.2. The number of nitrogens with zero attached hydrogens (tertiary/aromatic N) is 1. The van der Waals surface area contributed by atoms with Gasteiger partial charge in [-0.1, -0.05) is 71.2 Å². The minimum atomic E-state index is -0.734. The molecule has 6 nitrogen and oxygen atoms in total. The molecular formula is C25H17Cl3N2O4. The van der Waals surface area contributed by atoms with E-state index in [4.69, 9.17) is 39.5 Å². The van der Waals surface area contributed by atoms with Crippen LogP contribution in [-0.4, -0.2) is 24.2 Å². The Morgan fingerprint density at radius 2 is 1.47 bits per heavy atom. The molecule has 0 heterocycles. The van der Waals surface area contributed by atoms with Crippen LogP contribution in [0.2, 0.25) is 15.1 Å². The van der Waals surface area contributed by atoms with Crippen molar-refractivity contribution in [2.45, 2.75) is 0 Å². The smallest absolute Gasteiger partial charge is 0.419 e. The summed E-state index contributed by atoms with van der Waals surface area (Å²) in [6.07, 6.45) is -0.734. The molecule has 172 valence electrons. The molecule has 0 aliphatic rings. The molecule has 0 aliphatic heterocycles. The second kappa shape index (κ2) is 9.81. The predicted octanol–water partition coefficient (Wildman–Crippen LogP) is 7.39. The lowest BCUT2D eigenvalue weighted by molar-refractivity contribution is 0.102. The number of hydrogen-bond donors (Lipinski definition) is 2. The van der Waals surface area contributed by atoms with Crippen LogP contribution in [-0.2, 0) is 0 Å². The van der Waals surface area contributed by atoms with Crippen LogP contribution in [0.5, 0.6) is 11.5 Å². The number of para-hydroxylation sites is 2. The van der Waals surface area contributed by atoms with Crippen LogP contribution in [0.15, 0.2) is 72.8 Å². The van der Waals surface area contributed by atoms with Gasteiger partial charge in [-0.3, -0.25) is 9.69 Å². The number of nitrogens with one attached hydrogen (secondary N) is 1. The lowest BCUT2D eigenvalue weighted by Gasteiger charge is -2.20. The minimum Gasteiger partial charge on any atom is -0.506 e. The van der Waals surface area contributed by atoms with E-state index in [1.165, 1.54) is 18.0 Å². The van der Waals surface area contributed by atoms with Crippen LogP contribution in [0, 0.1) is 0 Å². The maximum Gasteiger partial charge on any atom is 0.419 e. The molecule has 0 saturated heterocycles. The third kappa shape index (κ3) is 4.61. The van der Waals surface area contributed by atoms with Crippen LogP contribution in [0.3, 0.4) is 0 Å². The van der Waals surface area contributed by atoms with Crippen molar-refractivity contribution in [2.24, 2.45) is 0 Å². The van der Waals surface area contributed by atoms with Gasteiger partial charge in [-0.15, -0.1) is 0 Å². The van der Waals surface area contributed by atoms with E-state index in [0.717, 1.165) is 0 Å². The van der Waals surface area contributed by atoms with Gasteiger partial charge in [0.05, 0.1) is 32.0 Å². The normalized spacial score (nSPS) is 10.7. The van der Waals surface area contributed by atoms with Gasteiger partial charge in [0, 0.05) is 17.8 Å². The van der Waals surface area contributed by atoms with Gasteiger partial charge in [-0.05, 0) is 36.4 Å². The Hall–Kier alpha value is -3.45. The summed E-state index contributed by atoms with van der Waals surface area (Å²) in [5.74, 6) is -0.719. The fraction of sp³-hybridized carbons (Fsp3) is 0.0400. The van der Waals surface area contributed by atoms with Gasteiger partial charge in [-0.2, -0.15) is 0 Å². The highest BCUT2D eigenvalue weighted by Crippen LogP contribution is 2.37. The number of fused-ring (bicyclic) bond motifs is 1. The van der Waals surface area contributed by atoms with Crippen LogP contribution in [0.4, 0.5) is 16.2 Å². The maximum atomic E-state index is 12.8. The summed E-state index contributed by atoms with van der Waals surface area (Å²) in [5.41, 5.74) is 0.916. The largest absolute Gasteiger partial charge is 0.506 e. The third-order valence-corrected chi connectivity index (χ3v) is 6.05. The van der Waals surface area contributed by atoms with Crippen molar-refractivity contribution in [1.29, 1.82) is 0 Å². The molecule has 0 spiro atoms. The highest BCUT2D eigenvalue weighted by Gasteiger charge is 2.21. The molecule has 4 aromatic rings. The molecule has 0 aromatic heterocycles. The van der Waals surface area contributed by atoms with Crippen molar-refractivity contribution < 1.29 is 19.4 Å². The van der Waals surface area contributed by atoms with Crippen LogP contribution in [0.25, 0.3) is 10.8 Å². The molecular weight excluding hydrogens is 499 g/mol. The lowest BCUT2D eigenvalue weighted by Crippen LogP contribution is -2.29. The molecule has 34 heavy (non-hydrogen) atoms. The number of anilines is 2. The molecule has 2 amide bonds. The minimum absolute atomic E-state index is 0.0456. The zero-order valence-electron chi connectivity index (χ0n) is 17.7. The second-order valence-corrected chi connectivity index (χ2v) is 8.47. The predicted molar refractivity (Wildman–Crippen MR) is 136 cm³/mol. The zero-order valence-corrected chi connectivity index (χ0v) is 19.9. The molecule has 0 fully saturated rings. The number of phenols is 1. The second-order valence-electron chi connectivity index (χ2n) is 7.25. The summed E-state index contributed by atoms with van der Waals surface area (Å²) in [6, 6.07) is 19.6. The van der Waals surface area contributed by atoms with Gasteiger partial charge in [0.1, 0.15) is 5.75 Å². The summed E-state index contributed by atoms with van der Waals surface area (Å²) in [6.45, 7) is 0. The standard InChI is InChI=1S/C25H17Cl3N2O4/c1-30(25(33)34-23-18(27)8-5-9-19(23)28)21-11-4-6-15-14(21)12-13-16(22(15)31)24(32)29-20-10-3-2-7-17(20)26/h2-13,31H,1H3,(H,29,32). The van der Waals surface area contributed by atoms with Crippen molar-refractivity contribution in [1.82, 2.24) is 0 Å². The number of phenolic OH excluding ortho intramolecular Hbond substituents is 1. The van der Waals surface area contributed by atoms with Crippen LogP contribution < -0.4 is 15.0 Å². The Balaban J connectivity index is 1.65. The molecule has 0 atom stereocenters. The Kier molecular flexibility index (Phi) is 6.84. The monoisotopic (exact) mass is 514 g/mol. The average molecular weight is 516 g/mol. The number of carbonyl (C=O) groups is 2. The fourth-order valence-corrected chi connectivity index (χ4v) is 4.05. The number of benzene rings is 4. The maximum absolute atomic E-state index is 12.8. The number of ether oxygens (including phenoxy) is 1. The highest BCUT2D eigenvalue weighted by atomic mass is 35.5. The molecule has 0 radical (unpaired) electrons. The van der Waals surface area contributed by atoms with Gasteiger partial charge in [0.2, 0.25) is 0 Å². The van der Waals surface area contributed by atoms with Crippen molar-refractivity contribution in [3.63, 3.8) is 0 Å². The lowest BCUT2D eigenvalue weighted by atomic mass is 10.0.